The van der Waals surface area contributed by atoms with Gasteiger partial charge in [0.05, 0.1) is 0 Å². The number of halogens is 1. The molecule has 1 rings (SSSR count). The number of benzene rings is 1. The summed E-state index contributed by atoms with van der Waals surface area (Å²) in [6.45, 7) is 7.31. The van der Waals surface area contributed by atoms with Gasteiger partial charge in [-0.15, -0.1) is 24.0 Å². The van der Waals surface area contributed by atoms with E-state index in [4.69, 9.17) is 0 Å². The Bertz CT molecular complexity index is 494. The molecule has 0 fully saturated rings. The fraction of sp³-hybridized carbons (Fsp3) is 0.611. The molecule has 24 heavy (non-hydrogen) atoms. The molecule has 0 spiro atoms. The Kier molecular flexibility index (Phi) is 13.3. The Morgan fingerprint density at radius 1 is 1.17 bits per heavy atom. The summed E-state index contributed by atoms with van der Waals surface area (Å²) < 4.78 is 12.1. The van der Waals surface area contributed by atoms with Gasteiger partial charge in [0.1, 0.15) is 0 Å². The Hall–Kier alpha value is -0.630. The van der Waals surface area contributed by atoms with E-state index in [0.717, 1.165) is 23.9 Å². The predicted molar refractivity (Wildman–Crippen MR) is 117 cm³/mol. The van der Waals surface area contributed by atoms with Crippen molar-refractivity contribution in [1.82, 2.24) is 10.6 Å². The lowest BCUT2D eigenvalue weighted by Gasteiger charge is -2.18. The van der Waals surface area contributed by atoms with E-state index in [9.17, 15) is 4.21 Å². The summed E-state index contributed by atoms with van der Waals surface area (Å²) in [6.07, 6.45) is 2.32. The first-order valence-electron chi connectivity index (χ1n) is 8.37. The van der Waals surface area contributed by atoms with Gasteiger partial charge >= 0.3 is 0 Å². The maximum atomic E-state index is 12.1. The highest BCUT2D eigenvalue weighted by atomic mass is 127. The van der Waals surface area contributed by atoms with Crippen molar-refractivity contribution in [3.05, 3.63) is 35.9 Å². The molecule has 1 aromatic carbocycles. The van der Waals surface area contributed by atoms with Crippen LogP contribution in [0.25, 0.3) is 0 Å². The number of nitrogens with one attached hydrogen (secondary N) is 2. The van der Waals surface area contributed by atoms with E-state index in [1.165, 1.54) is 6.42 Å². The second kappa shape index (κ2) is 13.6. The van der Waals surface area contributed by atoms with Gasteiger partial charge in [-0.2, -0.15) is 0 Å². The maximum Gasteiger partial charge on any atom is 0.191 e. The monoisotopic (exact) mass is 465 g/mol. The van der Waals surface area contributed by atoms with Crippen LogP contribution in [-0.2, 0) is 16.6 Å². The highest BCUT2D eigenvalue weighted by molar-refractivity contribution is 14.0. The molecule has 6 heteroatoms. The fourth-order valence-corrected chi connectivity index (χ4v) is 3.24. The van der Waals surface area contributed by atoms with Crippen LogP contribution >= 0.6 is 24.0 Å². The Morgan fingerprint density at radius 3 is 2.42 bits per heavy atom. The van der Waals surface area contributed by atoms with Crippen molar-refractivity contribution in [3.63, 3.8) is 0 Å². The van der Waals surface area contributed by atoms with Crippen molar-refractivity contribution in [3.8, 4) is 0 Å². The zero-order chi connectivity index (χ0) is 17.1. The molecule has 0 aliphatic rings. The number of hydrogen-bond acceptors (Lipinski definition) is 2. The first-order chi connectivity index (χ1) is 11.0. The van der Waals surface area contributed by atoms with Crippen molar-refractivity contribution in [2.45, 2.75) is 45.4 Å². The Morgan fingerprint density at radius 2 is 1.83 bits per heavy atom. The molecule has 0 aliphatic carbocycles. The summed E-state index contributed by atoms with van der Waals surface area (Å²) in [6, 6.07) is 10.4. The smallest absolute Gasteiger partial charge is 0.191 e. The summed E-state index contributed by atoms with van der Waals surface area (Å²) >= 11 is 0. The van der Waals surface area contributed by atoms with Gasteiger partial charge < -0.3 is 10.6 Å². The standard InChI is InChI=1S/C18H31N3OS.HI/c1-15(2)10-11-16(3)21-18(19-4)20-12-13-23(22)14-17-8-6-5-7-9-17;/h5-9,15-16H,10-14H2,1-4H3,(H2,19,20,21);1H. The van der Waals surface area contributed by atoms with Crippen molar-refractivity contribution < 1.29 is 4.21 Å². The third kappa shape index (κ3) is 11.0. The summed E-state index contributed by atoms with van der Waals surface area (Å²) in [4.78, 5) is 4.23. The van der Waals surface area contributed by atoms with Crippen LogP contribution in [0.15, 0.2) is 35.3 Å². The van der Waals surface area contributed by atoms with E-state index < -0.39 is 10.8 Å². The van der Waals surface area contributed by atoms with Crippen LogP contribution in [0.3, 0.4) is 0 Å². The number of guanidine groups is 1. The summed E-state index contributed by atoms with van der Waals surface area (Å²) in [5.74, 6) is 2.74. The summed E-state index contributed by atoms with van der Waals surface area (Å²) in [5.41, 5.74) is 1.12. The average Bonchev–Trinajstić information content (AvgIpc) is 2.52. The largest absolute Gasteiger partial charge is 0.355 e. The number of aliphatic imine (C=N–C) groups is 1. The van der Waals surface area contributed by atoms with Gasteiger partial charge in [-0.25, -0.2) is 0 Å². The quantitative estimate of drug-likeness (QED) is 0.333. The average molecular weight is 465 g/mol. The highest BCUT2D eigenvalue weighted by Gasteiger charge is 2.07. The van der Waals surface area contributed by atoms with Crippen LogP contribution in [0.5, 0.6) is 0 Å². The first-order valence-corrected chi connectivity index (χ1v) is 9.86. The molecule has 0 bridgehead atoms. The molecule has 4 nitrogen and oxygen atoms in total. The lowest BCUT2D eigenvalue weighted by Crippen LogP contribution is -2.43. The van der Waals surface area contributed by atoms with E-state index in [1.807, 2.05) is 30.3 Å². The molecule has 2 N–H and O–H groups in total. The lowest BCUT2D eigenvalue weighted by molar-refractivity contribution is 0.489. The minimum atomic E-state index is -0.857. The number of nitrogens with zero attached hydrogens (tertiary/aromatic N) is 1. The molecule has 0 amide bonds. The third-order valence-electron chi connectivity index (χ3n) is 3.58. The molecule has 0 aromatic heterocycles. The van der Waals surface area contributed by atoms with Crippen LogP contribution in [0, 0.1) is 5.92 Å². The van der Waals surface area contributed by atoms with Gasteiger partial charge in [0.25, 0.3) is 0 Å². The van der Waals surface area contributed by atoms with Crippen molar-refractivity contribution in [1.29, 1.82) is 0 Å². The van der Waals surface area contributed by atoms with Crippen LogP contribution in [0.1, 0.15) is 39.2 Å². The van der Waals surface area contributed by atoms with Gasteiger partial charge in [-0.1, -0.05) is 44.2 Å². The van der Waals surface area contributed by atoms with E-state index in [0.29, 0.717) is 24.1 Å². The van der Waals surface area contributed by atoms with Crippen molar-refractivity contribution in [2.24, 2.45) is 10.9 Å². The van der Waals surface area contributed by atoms with Gasteiger partial charge in [0, 0.05) is 41.9 Å². The van der Waals surface area contributed by atoms with Crippen molar-refractivity contribution >= 4 is 40.7 Å². The number of hydrogen-bond donors (Lipinski definition) is 2. The van der Waals surface area contributed by atoms with Gasteiger partial charge in [0.2, 0.25) is 0 Å². The van der Waals surface area contributed by atoms with E-state index in [1.54, 1.807) is 7.05 Å². The topological polar surface area (TPSA) is 53.5 Å². The summed E-state index contributed by atoms with van der Waals surface area (Å²) in [5, 5.41) is 6.64. The maximum absolute atomic E-state index is 12.1. The normalized spacial score (nSPS) is 14.0. The fourth-order valence-electron chi connectivity index (χ4n) is 2.20. The minimum absolute atomic E-state index is 0. The predicted octanol–water partition coefficient (Wildman–Crippen LogP) is 3.54. The number of rotatable bonds is 9. The molecular formula is C18H32IN3OS. The van der Waals surface area contributed by atoms with Crippen LogP contribution < -0.4 is 10.6 Å². The van der Waals surface area contributed by atoms with Crippen LogP contribution in [-0.4, -0.2) is 35.6 Å². The van der Waals surface area contributed by atoms with Crippen LogP contribution in [0.2, 0.25) is 0 Å². The zero-order valence-electron chi connectivity index (χ0n) is 15.2. The lowest BCUT2D eigenvalue weighted by atomic mass is 10.0. The third-order valence-corrected chi connectivity index (χ3v) is 4.89. The molecule has 138 valence electrons. The van der Waals surface area contributed by atoms with Gasteiger partial charge in [-0.05, 0) is 31.2 Å². The Balaban J connectivity index is 0.00000529. The zero-order valence-corrected chi connectivity index (χ0v) is 18.4. The summed E-state index contributed by atoms with van der Waals surface area (Å²) in [7, 11) is 0.912. The molecule has 2 unspecified atom stereocenters. The first kappa shape index (κ1) is 23.4. The molecule has 0 aliphatic heterocycles. The molecule has 0 saturated heterocycles. The van der Waals surface area contributed by atoms with Gasteiger partial charge in [0.15, 0.2) is 5.96 Å². The minimum Gasteiger partial charge on any atom is -0.355 e. The second-order valence-electron chi connectivity index (χ2n) is 6.29. The SMILES string of the molecule is CN=C(NCCS(=O)Cc1ccccc1)NC(C)CCC(C)C.I. The van der Waals surface area contributed by atoms with E-state index in [2.05, 4.69) is 36.4 Å². The molecule has 0 radical (unpaired) electrons. The van der Waals surface area contributed by atoms with E-state index in [-0.39, 0.29) is 24.0 Å². The van der Waals surface area contributed by atoms with Gasteiger partial charge in [-0.3, -0.25) is 9.20 Å². The van der Waals surface area contributed by atoms with E-state index >= 15 is 0 Å². The molecule has 0 saturated carbocycles. The molecule has 1 aromatic rings. The molecular weight excluding hydrogens is 433 g/mol. The van der Waals surface area contributed by atoms with Crippen molar-refractivity contribution in [2.75, 3.05) is 19.3 Å². The molecule has 2 atom stereocenters. The molecule has 0 heterocycles. The van der Waals surface area contributed by atoms with Crippen LogP contribution in [0.4, 0.5) is 0 Å². The second-order valence-corrected chi connectivity index (χ2v) is 7.87. The Labute approximate surface area is 166 Å². The highest BCUT2D eigenvalue weighted by Crippen LogP contribution is 2.06.